The highest BCUT2D eigenvalue weighted by Crippen LogP contribution is 2.24. The van der Waals surface area contributed by atoms with Crippen molar-refractivity contribution in [1.82, 2.24) is 0 Å². The molecule has 9 heteroatoms. The van der Waals surface area contributed by atoms with Gasteiger partial charge in [-0.05, 0) is 56.3 Å². The van der Waals surface area contributed by atoms with E-state index in [4.69, 9.17) is 18.4 Å². The summed E-state index contributed by atoms with van der Waals surface area (Å²) in [5, 5.41) is 0. The second-order valence-corrected chi connectivity index (χ2v) is 6.95. The molecule has 0 radical (unpaired) electrons. The first-order valence-electron chi connectivity index (χ1n) is 8.38. The molecule has 150 valence electrons. The molecule has 0 aliphatic rings. The van der Waals surface area contributed by atoms with Gasteiger partial charge in [0, 0.05) is 0 Å². The summed E-state index contributed by atoms with van der Waals surface area (Å²) >= 11 is 0. The third-order valence-electron chi connectivity index (χ3n) is 3.48. The van der Waals surface area contributed by atoms with Crippen LogP contribution in [-0.2, 0) is 19.6 Å². The Labute approximate surface area is 163 Å². The highest BCUT2D eigenvalue weighted by Gasteiger charge is 2.21. The van der Waals surface area contributed by atoms with E-state index in [2.05, 4.69) is 0 Å². The SMILES string of the molecule is CCOC(=O)c1cc(OS(=O)(=O)c2ccc(OC)cc2)cc(C(=O)OCC)c1. The van der Waals surface area contributed by atoms with Crippen molar-refractivity contribution in [1.29, 1.82) is 0 Å². The van der Waals surface area contributed by atoms with E-state index < -0.39 is 22.1 Å². The van der Waals surface area contributed by atoms with Crippen LogP contribution in [0.25, 0.3) is 0 Å². The smallest absolute Gasteiger partial charge is 0.339 e. The summed E-state index contributed by atoms with van der Waals surface area (Å²) in [6.07, 6.45) is 0. The monoisotopic (exact) mass is 408 g/mol. The molecule has 0 aliphatic heterocycles. The Hall–Kier alpha value is -3.07. The minimum atomic E-state index is -4.21. The molecular formula is C19H20O8S. The number of ether oxygens (including phenoxy) is 3. The summed E-state index contributed by atoms with van der Waals surface area (Å²) < 4.78 is 45.0. The van der Waals surface area contributed by atoms with Crippen molar-refractivity contribution < 1.29 is 36.4 Å². The Kier molecular flexibility index (Phi) is 7.00. The van der Waals surface area contributed by atoms with E-state index in [1.54, 1.807) is 13.8 Å². The average molecular weight is 408 g/mol. The summed E-state index contributed by atoms with van der Waals surface area (Å²) in [6.45, 7) is 3.48. The first-order chi connectivity index (χ1) is 13.3. The lowest BCUT2D eigenvalue weighted by atomic mass is 10.1. The van der Waals surface area contributed by atoms with Crippen molar-refractivity contribution in [2.24, 2.45) is 0 Å². The summed E-state index contributed by atoms with van der Waals surface area (Å²) in [5.41, 5.74) is -0.0698. The third kappa shape index (κ3) is 5.23. The van der Waals surface area contributed by atoms with Gasteiger partial charge >= 0.3 is 22.1 Å². The number of hydrogen-bond donors (Lipinski definition) is 0. The molecule has 0 bridgehead atoms. The van der Waals surface area contributed by atoms with E-state index in [0.717, 1.165) is 0 Å². The standard InChI is InChI=1S/C19H20O8S/c1-4-25-18(20)13-10-14(19(21)26-5-2)12-16(11-13)27-28(22,23)17-8-6-15(24-3)7-9-17/h6-12H,4-5H2,1-3H3. The van der Waals surface area contributed by atoms with Gasteiger partial charge < -0.3 is 18.4 Å². The largest absolute Gasteiger partial charge is 0.497 e. The first-order valence-corrected chi connectivity index (χ1v) is 9.79. The van der Waals surface area contributed by atoms with Crippen molar-refractivity contribution >= 4 is 22.1 Å². The molecule has 8 nitrogen and oxygen atoms in total. The van der Waals surface area contributed by atoms with Crippen LogP contribution in [0, 0.1) is 0 Å². The second kappa shape index (κ2) is 9.23. The Morgan fingerprint density at radius 3 is 1.75 bits per heavy atom. The maximum absolute atomic E-state index is 12.5. The Balaban J connectivity index is 2.41. The number of hydrogen-bond acceptors (Lipinski definition) is 8. The quantitative estimate of drug-likeness (QED) is 0.485. The predicted octanol–water partition coefficient (Wildman–Crippen LogP) is 2.82. The normalized spacial score (nSPS) is 10.8. The maximum atomic E-state index is 12.5. The Morgan fingerprint density at radius 2 is 1.32 bits per heavy atom. The lowest BCUT2D eigenvalue weighted by molar-refractivity contribution is 0.0524. The molecule has 0 aliphatic carbocycles. The van der Waals surface area contributed by atoms with Gasteiger partial charge in [0.1, 0.15) is 16.4 Å². The molecule has 0 N–H and O–H groups in total. The van der Waals surface area contributed by atoms with Crippen LogP contribution in [0.2, 0.25) is 0 Å². The van der Waals surface area contributed by atoms with E-state index in [1.165, 1.54) is 49.6 Å². The topological polar surface area (TPSA) is 105 Å². The van der Waals surface area contributed by atoms with Crippen molar-refractivity contribution in [2.45, 2.75) is 18.7 Å². The molecule has 0 atom stereocenters. The van der Waals surface area contributed by atoms with Gasteiger partial charge in [-0.2, -0.15) is 8.42 Å². The number of rotatable bonds is 8. The molecule has 0 fully saturated rings. The van der Waals surface area contributed by atoms with E-state index in [9.17, 15) is 18.0 Å². The van der Waals surface area contributed by atoms with Gasteiger partial charge in [0.15, 0.2) is 0 Å². The van der Waals surface area contributed by atoms with E-state index in [0.29, 0.717) is 5.75 Å². The zero-order chi connectivity index (χ0) is 20.7. The predicted molar refractivity (Wildman–Crippen MR) is 99.2 cm³/mol. The first kappa shape index (κ1) is 21.2. The van der Waals surface area contributed by atoms with Crippen molar-refractivity contribution in [3.8, 4) is 11.5 Å². The van der Waals surface area contributed by atoms with Crippen LogP contribution >= 0.6 is 0 Å². The fourth-order valence-corrected chi connectivity index (χ4v) is 3.14. The number of esters is 2. The van der Waals surface area contributed by atoms with Gasteiger partial charge in [-0.1, -0.05) is 0 Å². The molecular weight excluding hydrogens is 388 g/mol. The zero-order valence-corrected chi connectivity index (χ0v) is 16.4. The van der Waals surface area contributed by atoms with Gasteiger partial charge in [0.05, 0.1) is 31.5 Å². The third-order valence-corrected chi connectivity index (χ3v) is 4.74. The molecule has 0 saturated carbocycles. The molecule has 0 spiro atoms. The van der Waals surface area contributed by atoms with Crippen LogP contribution in [0.5, 0.6) is 11.5 Å². The van der Waals surface area contributed by atoms with Crippen LogP contribution in [-0.4, -0.2) is 40.7 Å². The highest BCUT2D eigenvalue weighted by atomic mass is 32.2. The number of benzene rings is 2. The average Bonchev–Trinajstić information content (AvgIpc) is 2.67. The van der Waals surface area contributed by atoms with Gasteiger partial charge in [0.2, 0.25) is 0 Å². The summed E-state index contributed by atoms with van der Waals surface area (Å²) in [6, 6.07) is 9.18. The minimum Gasteiger partial charge on any atom is -0.497 e. The zero-order valence-electron chi connectivity index (χ0n) is 15.6. The van der Waals surface area contributed by atoms with Gasteiger partial charge in [0.25, 0.3) is 0 Å². The van der Waals surface area contributed by atoms with E-state index in [1.807, 2.05) is 0 Å². The van der Waals surface area contributed by atoms with Crippen LogP contribution in [0.4, 0.5) is 0 Å². The molecule has 0 amide bonds. The van der Waals surface area contributed by atoms with Crippen molar-refractivity contribution in [2.75, 3.05) is 20.3 Å². The molecule has 0 aromatic heterocycles. The number of methoxy groups -OCH3 is 1. The molecule has 0 saturated heterocycles. The number of carbonyl (C=O) groups is 2. The second-order valence-electron chi connectivity index (χ2n) is 5.40. The van der Waals surface area contributed by atoms with Crippen LogP contribution in [0.1, 0.15) is 34.6 Å². The highest BCUT2D eigenvalue weighted by molar-refractivity contribution is 7.87. The molecule has 2 aromatic carbocycles. The fraction of sp³-hybridized carbons (Fsp3) is 0.263. The summed E-state index contributed by atoms with van der Waals surface area (Å²) in [7, 11) is -2.75. The summed E-state index contributed by atoms with van der Waals surface area (Å²) in [5.74, 6) is -1.18. The fourth-order valence-electron chi connectivity index (χ4n) is 2.23. The van der Waals surface area contributed by atoms with Crippen molar-refractivity contribution in [3.63, 3.8) is 0 Å². The van der Waals surface area contributed by atoms with E-state index in [-0.39, 0.29) is 35.0 Å². The lowest BCUT2D eigenvalue weighted by Crippen LogP contribution is -2.13. The van der Waals surface area contributed by atoms with Crippen LogP contribution < -0.4 is 8.92 Å². The molecule has 0 heterocycles. The lowest BCUT2D eigenvalue weighted by Gasteiger charge is -2.11. The maximum Gasteiger partial charge on any atom is 0.339 e. The van der Waals surface area contributed by atoms with Gasteiger partial charge in [-0.25, -0.2) is 9.59 Å². The Bertz CT molecular complexity index is 912. The molecule has 2 rings (SSSR count). The van der Waals surface area contributed by atoms with Crippen LogP contribution in [0.3, 0.4) is 0 Å². The van der Waals surface area contributed by atoms with Crippen LogP contribution in [0.15, 0.2) is 47.4 Å². The molecule has 2 aromatic rings. The van der Waals surface area contributed by atoms with E-state index >= 15 is 0 Å². The van der Waals surface area contributed by atoms with Gasteiger partial charge in [-0.15, -0.1) is 0 Å². The number of carbonyl (C=O) groups excluding carboxylic acids is 2. The minimum absolute atomic E-state index is 0.0349. The molecule has 28 heavy (non-hydrogen) atoms. The Morgan fingerprint density at radius 1 is 0.821 bits per heavy atom. The van der Waals surface area contributed by atoms with Crippen molar-refractivity contribution in [3.05, 3.63) is 53.6 Å². The van der Waals surface area contributed by atoms with Gasteiger partial charge in [-0.3, -0.25) is 0 Å². The summed E-state index contributed by atoms with van der Waals surface area (Å²) in [4.78, 5) is 24.0. The molecule has 0 unspecified atom stereocenters.